The largest absolute Gasteiger partial charge is 0.416 e. The van der Waals surface area contributed by atoms with Gasteiger partial charge in [-0.2, -0.15) is 13.2 Å². The molecule has 92 valence electrons. The molecule has 17 heavy (non-hydrogen) atoms. The number of nitrogens with zero attached hydrogens (tertiary/aromatic N) is 1. The second kappa shape index (κ2) is 3.43. The molecule has 1 aliphatic carbocycles. The van der Waals surface area contributed by atoms with E-state index < -0.39 is 27.9 Å². The van der Waals surface area contributed by atoms with Crippen LogP contribution in [0.25, 0.3) is 0 Å². The maximum Gasteiger partial charge on any atom is 0.416 e. The van der Waals surface area contributed by atoms with Crippen molar-refractivity contribution in [1.29, 1.82) is 0 Å². The van der Waals surface area contributed by atoms with Crippen LogP contribution in [0.4, 0.5) is 18.9 Å². The Morgan fingerprint density at radius 1 is 1.35 bits per heavy atom. The van der Waals surface area contributed by atoms with Gasteiger partial charge < -0.3 is 5.73 Å². The molecule has 0 amide bonds. The summed E-state index contributed by atoms with van der Waals surface area (Å²) in [4.78, 5) is 9.94. The Hall–Kier alpha value is -1.63. The minimum atomic E-state index is -4.59. The number of hydrogen-bond acceptors (Lipinski definition) is 3. The number of halogens is 3. The molecule has 7 heteroatoms. The average Bonchev–Trinajstić information content (AvgIpc) is 2.95. The molecular formula is C10H9F3N2O2. The summed E-state index contributed by atoms with van der Waals surface area (Å²) in [5, 5.41) is 10.8. The summed E-state index contributed by atoms with van der Waals surface area (Å²) >= 11 is 0. The predicted molar refractivity (Wildman–Crippen MR) is 53.2 cm³/mol. The van der Waals surface area contributed by atoms with Crippen molar-refractivity contribution in [3.8, 4) is 0 Å². The normalized spacial score (nSPS) is 17.9. The van der Waals surface area contributed by atoms with Crippen LogP contribution in [-0.2, 0) is 11.7 Å². The highest BCUT2D eigenvalue weighted by molar-refractivity contribution is 5.50. The highest BCUT2D eigenvalue weighted by Crippen LogP contribution is 2.47. The molecule has 1 aliphatic rings. The van der Waals surface area contributed by atoms with Gasteiger partial charge in [-0.15, -0.1) is 0 Å². The van der Waals surface area contributed by atoms with Gasteiger partial charge in [0.05, 0.1) is 10.5 Å². The van der Waals surface area contributed by atoms with E-state index in [4.69, 9.17) is 5.73 Å². The van der Waals surface area contributed by atoms with E-state index in [2.05, 4.69) is 0 Å². The van der Waals surface area contributed by atoms with Crippen LogP contribution in [0.5, 0.6) is 0 Å². The van der Waals surface area contributed by atoms with Crippen molar-refractivity contribution >= 4 is 5.69 Å². The number of nitrogens with two attached hydrogens (primary N) is 1. The van der Waals surface area contributed by atoms with E-state index in [0.717, 1.165) is 12.1 Å². The number of hydrogen-bond donors (Lipinski definition) is 1. The molecule has 4 nitrogen and oxygen atoms in total. The van der Waals surface area contributed by atoms with Crippen LogP contribution in [0.2, 0.25) is 0 Å². The highest BCUT2D eigenvalue weighted by atomic mass is 19.4. The van der Waals surface area contributed by atoms with Crippen LogP contribution in [0, 0.1) is 10.1 Å². The summed E-state index contributed by atoms with van der Waals surface area (Å²) in [6.07, 6.45) is -3.48. The van der Waals surface area contributed by atoms with Crippen molar-refractivity contribution in [1.82, 2.24) is 0 Å². The average molecular weight is 246 g/mol. The van der Waals surface area contributed by atoms with E-state index in [0.29, 0.717) is 18.9 Å². The van der Waals surface area contributed by atoms with Gasteiger partial charge in [-0.05, 0) is 25.0 Å². The summed E-state index contributed by atoms with van der Waals surface area (Å²) in [6.45, 7) is 0. The van der Waals surface area contributed by atoms with Crippen molar-refractivity contribution < 1.29 is 18.1 Å². The maximum atomic E-state index is 12.4. The van der Waals surface area contributed by atoms with Gasteiger partial charge in [0.1, 0.15) is 0 Å². The van der Waals surface area contributed by atoms with E-state index in [9.17, 15) is 23.3 Å². The topological polar surface area (TPSA) is 69.2 Å². The Morgan fingerprint density at radius 3 is 2.35 bits per heavy atom. The van der Waals surface area contributed by atoms with Gasteiger partial charge in [0, 0.05) is 17.2 Å². The van der Waals surface area contributed by atoms with Crippen LogP contribution in [0.15, 0.2) is 18.2 Å². The number of benzene rings is 1. The van der Waals surface area contributed by atoms with Gasteiger partial charge >= 0.3 is 6.18 Å². The minimum absolute atomic E-state index is 0.176. The van der Waals surface area contributed by atoms with Gasteiger partial charge in [0.2, 0.25) is 0 Å². The molecule has 2 N–H and O–H groups in total. The third-order valence-electron chi connectivity index (χ3n) is 2.85. The molecule has 0 spiro atoms. The zero-order chi connectivity index (χ0) is 12.8. The quantitative estimate of drug-likeness (QED) is 0.644. The molecular weight excluding hydrogens is 237 g/mol. The first kappa shape index (κ1) is 11.8. The molecule has 0 unspecified atom stereocenters. The monoisotopic (exact) mass is 246 g/mol. The second-order valence-electron chi connectivity index (χ2n) is 4.14. The zero-order valence-corrected chi connectivity index (χ0v) is 8.62. The molecule has 1 aromatic rings. The van der Waals surface area contributed by atoms with E-state index in [1.54, 1.807) is 0 Å². The van der Waals surface area contributed by atoms with Gasteiger partial charge in [0.15, 0.2) is 0 Å². The van der Waals surface area contributed by atoms with Crippen molar-refractivity contribution in [3.05, 3.63) is 39.4 Å². The Morgan fingerprint density at radius 2 is 1.94 bits per heavy atom. The molecule has 2 rings (SSSR count). The van der Waals surface area contributed by atoms with Gasteiger partial charge in [0.25, 0.3) is 5.69 Å². The SMILES string of the molecule is NC1(c2ccc(C(F)(F)F)cc2[N+](=O)[O-])CC1. The van der Waals surface area contributed by atoms with Crippen molar-refractivity contribution in [3.63, 3.8) is 0 Å². The number of rotatable bonds is 2. The van der Waals surface area contributed by atoms with Crippen LogP contribution in [0.1, 0.15) is 24.0 Å². The van der Waals surface area contributed by atoms with Gasteiger partial charge in [-0.3, -0.25) is 10.1 Å². The maximum absolute atomic E-state index is 12.4. The first-order valence-corrected chi connectivity index (χ1v) is 4.89. The zero-order valence-electron chi connectivity index (χ0n) is 8.62. The summed E-state index contributed by atoms with van der Waals surface area (Å²) in [5.74, 6) is 0. The van der Waals surface area contributed by atoms with E-state index in [1.807, 2.05) is 0 Å². The Balaban J connectivity index is 2.53. The molecule has 0 bridgehead atoms. The van der Waals surface area contributed by atoms with Crippen LogP contribution < -0.4 is 5.73 Å². The third kappa shape index (κ3) is 2.10. The number of nitro benzene ring substituents is 1. The fourth-order valence-corrected chi connectivity index (χ4v) is 1.68. The lowest BCUT2D eigenvalue weighted by Gasteiger charge is -2.12. The van der Waals surface area contributed by atoms with Crippen LogP contribution >= 0.6 is 0 Å². The summed E-state index contributed by atoms with van der Waals surface area (Å²) in [5.41, 5.74) is 3.54. The van der Waals surface area contributed by atoms with E-state index in [1.165, 1.54) is 0 Å². The molecule has 0 heterocycles. The fourth-order valence-electron chi connectivity index (χ4n) is 1.68. The van der Waals surface area contributed by atoms with Crippen LogP contribution in [0.3, 0.4) is 0 Å². The Kier molecular flexibility index (Phi) is 2.39. The molecule has 1 aromatic carbocycles. The predicted octanol–water partition coefficient (Wildman–Crippen LogP) is 2.56. The number of nitro groups is 1. The van der Waals surface area contributed by atoms with Crippen molar-refractivity contribution in [2.45, 2.75) is 24.6 Å². The van der Waals surface area contributed by atoms with Crippen molar-refractivity contribution in [2.24, 2.45) is 5.73 Å². The second-order valence-corrected chi connectivity index (χ2v) is 4.14. The molecule has 0 radical (unpaired) electrons. The number of alkyl halides is 3. The lowest BCUT2D eigenvalue weighted by molar-refractivity contribution is -0.386. The summed E-state index contributed by atoms with van der Waals surface area (Å²) < 4.78 is 37.3. The first-order valence-electron chi connectivity index (χ1n) is 4.89. The lowest BCUT2D eigenvalue weighted by Crippen LogP contribution is -2.21. The van der Waals surface area contributed by atoms with Crippen molar-refractivity contribution in [2.75, 3.05) is 0 Å². The van der Waals surface area contributed by atoms with E-state index >= 15 is 0 Å². The van der Waals surface area contributed by atoms with Gasteiger partial charge in [-0.1, -0.05) is 0 Å². The molecule has 1 saturated carbocycles. The van der Waals surface area contributed by atoms with Gasteiger partial charge in [-0.25, -0.2) is 0 Å². The molecule has 1 fully saturated rings. The highest BCUT2D eigenvalue weighted by Gasteiger charge is 2.45. The standard InChI is InChI=1S/C10H9F3N2O2/c11-10(12,13)6-1-2-7(9(14)3-4-9)8(5-6)15(16)17/h1-2,5H,3-4,14H2. The molecule has 0 aliphatic heterocycles. The first-order chi connectivity index (χ1) is 7.74. The molecule has 0 aromatic heterocycles. The smallest absolute Gasteiger partial charge is 0.321 e. The Labute approximate surface area is 94.4 Å². The lowest BCUT2D eigenvalue weighted by atomic mass is 10.0. The van der Waals surface area contributed by atoms with E-state index in [-0.39, 0.29) is 5.56 Å². The molecule has 0 atom stereocenters. The summed E-state index contributed by atoms with van der Waals surface area (Å²) in [7, 11) is 0. The minimum Gasteiger partial charge on any atom is -0.321 e. The van der Waals surface area contributed by atoms with Crippen LogP contribution in [-0.4, -0.2) is 4.92 Å². The molecule has 0 saturated heterocycles. The fraction of sp³-hybridized carbons (Fsp3) is 0.400. The Bertz CT molecular complexity index is 481. The summed E-state index contributed by atoms with van der Waals surface area (Å²) in [6, 6.07) is 2.48. The third-order valence-corrected chi connectivity index (χ3v) is 2.85.